The van der Waals surface area contributed by atoms with Crippen LogP contribution in [0.25, 0.3) is 16.6 Å². The summed E-state index contributed by atoms with van der Waals surface area (Å²) in [5.74, 6) is 0.0936. The summed E-state index contributed by atoms with van der Waals surface area (Å²) in [6.45, 7) is 1.70. The van der Waals surface area contributed by atoms with Crippen LogP contribution >= 0.6 is 23.2 Å². The van der Waals surface area contributed by atoms with Gasteiger partial charge in [0.2, 0.25) is 0 Å². The Kier molecular flexibility index (Phi) is 5.23. The third-order valence-corrected chi connectivity index (χ3v) is 6.36. The van der Waals surface area contributed by atoms with Gasteiger partial charge in [-0.1, -0.05) is 47.8 Å². The number of benzene rings is 2. The zero-order valence-corrected chi connectivity index (χ0v) is 18.7. The molecule has 0 unspecified atom stereocenters. The second-order valence-corrected chi connectivity index (χ2v) is 8.63. The van der Waals surface area contributed by atoms with Gasteiger partial charge in [-0.2, -0.15) is 5.10 Å². The van der Waals surface area contributed by atoms with E-state index in [0.717, 1.165) is 24.9 Å². The van der Waals surface area contributed by atoms with Crippen molar-refractivity contribution in [3.8, 4) is 5.69 Å². The molecule has 1 aliphatic carbocycles. The van der Waals surface area contributed by atoms with E-state index in [1.165, 1.54) is 9.36 Å². The molecule has 0 atom stereocenters. The Morgan fingerprint density at radius 3 is 2.56 bits per heavy atom. The lowest BCUT2D eigenvalue weighted by Crippen LogP contribution is -2.38. The number of para-hydroxylation sites is 1. The van der Waals surface area contributed by atoms with Crippen molar-refractivity contribution in [3.63, 3.8) is 0 Å². The first kappa shape index (κ1) is 20.7. The van der Waals surface area contributed by atoms with Gasteiger partial charge in [0.25, 0.3) is 11.5 Å². The minimum absolute atomic E-state index is 0.0926. The zero-order chi connectivity index (χ0) is 22.4. The Labute approximate surface area is 193 Å². The summed E-state index contributed by atoms with van der Waals surface area (Å²) in [5, 5.41) is 5.46. The summed E-state index contributed by atoms with van der Waals surface area (Å²) in [6, 6.07) is 14.2. The summed E-state index contributed by atoms with van der Waals surface area (Å²) < 4.78 is 2.75. The Balaban J connectivity index is 1.59. The van der Waals surface area contributed by atoms with Gasteiger partial charge in [-0.3, -0.25) is 15.0 Å². The predicted molar refractivity (Wildman–Crippen MR) is 125 cm³/mol. The van der Waals surface area contributed by atoms with E-state index in [1.807, 2.05) is 30.3 Å². The highest BCUT2D eigenvalue weighted by Crippen LogP contribution is 2.35. The summed E-state index contributed by atoms with van der Waals surface area (Å²) in [7, 11) is 0. The lowest BCUT2D eigenvalue weighted by atomic mass is 9.84. The van der Waals surface area contributed by atoms with Crippen molar-refractivity contribution in [2.45, 2.75) is 32.1 Å². The number of fused-ring (bicyclic) bond motifs is 1. The quantitative estimate of drug-likeness (QED) is 0.464. The van der Waals surface area contributed by atoms with Crippen molar-refractivity contribution < 1.29 is 4.79 Å². The summed E-state index contributed by atoms with van der Waals surface area (Å²) in [6.07, 6.45) is 2.86. The maximum absolute atomic E-state index is 13.3. The van der Waals surface area contributed by atoms with Gasteiger partial charge >= 0.3 is 0 Å². The monoisotopic (exact) mass is 467 g/mol. The van der Waals surface area contributed by atoms with Crippen molar-refractivity contribution in [2.24, 2.45) is 0 Å². The summed E-state index contributed by atoms with van der Waals surface area (Å²) >= 11 is 12.6. The van der Waals surface area contributed by atoms with Gasteiger partial charge in [0.15, 0.2) is 0 Å². The standard InChI is InChI=1S/C23H19Cl2N5O2/c1-13-19(20(25)29(27-13)16-8-3-2-4-9-16)22(31)28-30-21(14-6-5-7-14)26-18-12-15(24)10-11-17(18)23(30)32/h2-4,8-12,14H,5-7H2,1H3,(H,28,31). The van der Waals surface area contributed by atoms with E-state index in [9.17, 15) is 9.59 Å². The number of rotatable bonds is 4. The van der Waals surface area contributed by atoms with Crippen molar-refractivity contribution in [1.29, 1.82) is 0 Å². The fourth-order valence-corrected chi connectivity index (χ4v) is 4.40. The van der Waals surface area contributed by atoms with Crippen molar-refractivity contribution in [1.82, 2.24) is 19.4 Å². The maximum atomic E-state index is 13.3. The number of aryl methyl sites for hydroxylation is 1. The molecular weight excluding hydrogens is 449 g/mol. The van der Waals surface area contributed by atoms with Crippen LogP contribution in [0, 0.1) is 6.92 Å². The Bertz CT molecular complexity index is 1410. The molecular formula is C23H19Cl2N5O2. The molecule has 2 heterocycles. The largest absolute Gasteiger partial charge is 0.280 e. The molecule has 9 heteroatoms. The van der Waals surface area contributed by atoms with E-state index in [2.05, 4.69) is 15.5 Å². The highest BCUT2D eigenvalue weighted by molar-refractivity contribution is 6.33. The first-order chi connectivity index (χ1) is 15.4. The Hall–Kier alpha value is -3.16. The molecule has 162 valence electrons. The highest BCUT2D eigenvalue weighted by atomic mass is 35.5. The van der Waals surface area contributed by atoms with Crippen LogP contribution in [0.4, 0.5) is 0 Å². The number of hydrogen-bond donors (Lipinski definition) is 1. The van der Waals surface area contributed by atoms with E-state index in [-0.39, 0.29) is 22.2 Å². The summed E-state index contributed by atoms with van der Waals surface area (Å²) in [4.78, 5) is 31.2. The first-order valence-corrected chi connectivity index (χ1v) is 11.0. The molecule has 5 rings (SSSR count). The first-order valence-electron chi connectivity index (χ1n) is 10.3. The zero-order valence-electron chi connectivity index (χ0n) is 17.2. The van der Waals surface area contributed by atoms with Gasteiger partial charge in [-0.25, -0.2) is 14.3 Å². The Morgan fingerprint density at radius 2 is 1.88 bits per heavy atom. The average Bonchev–Trinajstić information content (AvgIpc) is 3.04. The molecule has 0 spiro atoms. The van der Waals surface area contributed by atoms with Crippen LogP contribution in [-0.4, -0.2) is 25.3 Å². The predicted octanol–water partition coefficient (Wildman–Crippen LogP) is 4.85. The maximum Gasteiger partial charge on any atom is 0.280 e. The second-order valence-electron chi connectivity index (χ2n) is 7.84. The molecule has 7 nitrogen and oxygen atoms in total. The lowest BCUT2D eigenvalue weighted by Gasteiger charge is -2.27. The minimum Gasteiger partial charge on any atom is -0.267 e. The molecule has 1 amide bonds. The second kappa shape index (κ2) is 8.07. The molecule has 1 aliphatic rings. The van der Waals surface area contributed by atoms with Crippen LogP contribution in [-0.2, 0) is 0 Å². The number of carbonyl (C=O) groups is 1. The van der Waals surface area contributed by atoms with Gasteiger partial charge in [-0.05, 0) is 50.1 Å². The van der Waals surface area contributed by atoms with Crippen LogP contribution < -0.4 is 11.0 Å². The summed E-state index contributed by atoms with van der Waals surface area (Å²) in [5.41, 5.74) is 4.28. The van der Waals surface area contributed by atoms with Gasteiger partial charge in [0.1, 0.15) is 16.5 Å². The third-order valence-electron chi connectivity index (χ3n) is 5.77. The van der Waals surface area contributed by atoms with Crippen molar-refractivity contribution in [3.05, 3.63) is 86.1 Å². The van der Waals surface area contributed by atoms with E-state index in [1.54, 1.807) is 25.1 Å². The van der Waals surface area contributed by atoms with Crippen molar-refractivity contribution >= 4 is 40.0 Å². The number of amides is 1. The number of nitrogens with zero attached hydrogens (tertiary/aromatic N) is 4. The fourth-order valence-electron chi connectivity index (χ4n) is 3.88. The van der Waals surface area contributed by atoms with E-state index in [0.29, 0.717) is 27.4 Å². The molecule has 0 bridgehead atoms. The molecule has 4 aromatic rings. The SMILES string of the molecule is Cc1nn(-c2ccccc2)c(Cl)c1C(=O)Nn1c(C2CCC2)nc2cc(Cl)ccc2c1=O. The minimum atomic E-state index is -0.521. The van der Waals surface area contributed by atoms with Gasteiger partial charge in [0, 0.05) is 10.9 Å². The van der Waals surface area contributed by atoms with Gasteiger partial charge < -0.3 is 0 Å². The van der Waals surface area contributed by atoms with Crippen molar-refractivity contribution in [2.75, 3.05) is 5.43 Å². The number of aromatic nitrogens is 4. The molecule has 2 aromatic heterocycles. The van der Waals surface area contributed by atoms with Crippen LogP contribution in [0.3, 0.4) is 0 Å². The number of carbonyl (C=O) groups excluding carboxylic acids is 1. The van der Waals surface area contributed by atoms with E-state index >= 15 is 0 Å². The van der Waals surface area contributed by atoms with Crippen LogP contribution in [0.5, 0.6) is 0 Å². The van der Waals surface area contributed by atoms with Crippen LogP contribution in [0.1, 0.15) is 47.1 Å². The smallest absolute Gasteiger partial charge is 0.267 e. The molecule has 2 aromatic carbocycles. The topological polar surface area (TPSA) is 81.8 Å². The van der Waals surface area contributed by atoms with Crippen LogP contribution in [0.15, 0.2) is 53.3 Å². The molecule has 1 N–H and O–H groups in total. The molecule has 32 heavy (non-hydrogen) atoms. The van der Waals surface area contributed by atoms with Crippen LogP contribution in [0.2, 0.25) is 10.2 Å². The van der Waals surface area contributed by atoms with Gasteiger partial charge in [0.05, 0.1) is 22.3 Å². The normalized spacial score (nSPS) is 13.8. The third kappa shape index (κ3) is 3.47. The molecule has 0 radical (unpaired) electrons. The number of halogens is 2. The lowest BCUT2D eigenvalue weighted by molar-refractivity contribution is 0.100. The molecule has 0 saturated heterocycles. The van der Waals surface area contributed by atoms with Gasteiger partial charge in [-0.15, -0.1) is 0 Å². The average molecular weight is 468 g/mol. The number of nitrogens with one attached hydrogen (secondary N) is 1. The van der Waals surface area contributed by atoms with E-state index in [4.69, 9.17) is 23.2 Å². The Morgan fingerprint density at radius 1 is 1.12 bits per heavy atom. The molecule has 1 saturated carbocycles. The molecule has 0 aliphatic heterocycles. The highest BCUT2D eigenvalue weighted by Gasteiger charge is 2.28. The molecule has 1 fully saturated rings. The number of hydrogen-bond acceptors (Lipinski definition) is 4. The fraction of sp³-hybridized carbons (Fsp3) is 0.217. The van der Waals surface area contributed by atoms with E-state index < -0.39 is 5.91 Å².